The lowest BCUT2D eigenvalue weighted by atomic mass is 10.0. The lowest BCUT2D eigenvalue weighted by Gasteiger charge is -2.24. The minimum atomic E-state index is -1.14. The second-order valence-corrected chi connectivity index (χ2v) is 9.65. The van der Waals surface area contributed by atoms with Crippen LogP contribution in [-0.2, 0) is 20.8 Å². The fraction of sp³-hybridized carbons (Fsp3) is 0.429. The van der Waals surface area contributed by atoms with Crippen molar-refractivity contribution in [3.63, 3.8) is 0 Å². The summed E-state index contributed by atoms with van der Waals surface area (Å²) in [7, 11) is 0. The number of aryl methyl sites for hydroxylation is 1. The van der Waals surface area contributed by atoms with E-state index in [0.717, 1.165) is 11.1 Å². The molecule has 9 heteroatoms. The van der Waals surface area contributed by atoms with Gasteiger partial charge in [-0.05, 0) is 43.4 Å². The van der Waals surface area contributed by atoms with Crippen LogP contribution in [0.4, 0.5) is 0 Å². The van der Waals surface area contributed by atoms with Crippen LogP contribution in [0.1, 0.15) is 48.2 Å². The smallest absolute Gasteiger partial charge is 0.255 e. The Bertz CT molecular complexity index is 1120. The van der Waals surface area contributed by atoms with Gasteiger partial charge in [0.2, 0.25) is 17.7 Å². The maximum Gasteiger partial charge on any atom is 0.255 e. The summed E-state index contributed by atoms with van der Waals surface area (Å²) in [5.41, 5.74) is 2.43. The van der Waals surface area contributed by atoms with Crippen LogP contribution in [0.15, 0.2) is 48.5 Å². The summed E-state index contributed by atoms with van der Waals surface area (Å²) in [5.74, 6) is -1.35. The van der Waals surface area contributed by atoms with Gasteiger partial charge in [0, 0.05) is 6.54 Å². The summed E-state index contributed by atoms with van der Waals surface area (Å²) in [5, 5.41) is 11.0. The molecule has 0 saturated carbocycles. The van der Waals surface area contributed by atoms with Crippen molar-refractivity contribution in [2.24, 2.45) is 5.92 Å². The number of benzene rings is 2. The fourth-order valence-electron chi connectivity index (χ4n) is 4.15. The fourth-order valence-corrected chi connectivity index (χ4v) is 4.15. The minimum Gasteiger partial charge on any atom is -0.491 e. The van der Waals surface area contributed by atoms with Crippen LogP contribution < -0.4 is 26.0 Å². The molecule has 0 unspecified atom stereocenters. The quantitative estimate of drug-likeness (QED) is 0.474. The van der Waals surface area contributed by atoms with Gasteiger partial charge in [-0.1, -0.05) is 55.8 Å². The van der Waals surface area contributed by atoms with Crippen LogP contribution >= 0.6 is 0 Å². The van der Waals surface area contributed by atoms with E-state index in [4.69, 9.17) is 4.74 Å². The standard InChI is InChI=1S/C28H36N4O5/c1-18(2)15-22-27(35)30-13-14-37-24-10-5-4-9-21(24)26(34)32-23(17-25(33)31-22)28(36)29-12-11-20-8-6-7-19(3)16-20/h4-10,16,18,22-23H,11-15,17H2,1-3H3,(H,29,36)(H,30,35)(H,31,33)(H,32,34)/t22-,23-/m0/s1. The van der Waals surface area contributed by atoms with E-state index in [-0.39, 0.29) is 37.0 Å². The summed E-state index contributed by atoms with van der Waals surface area (Å²) in [6.45, 7) is 6.60. The minimum absolute atomic E-state index is 0.140. The molecular formula is C28H36N4O5. The number of carbonyl (C=O) groups is 4. The Morgan fingerprint density at radius 3 is 2.62 bits per heavy atom. The van der Waals surface area contributed by atoms with Crippen molar-refractivity contribution in [3.05, 3.63) is 65.2 Å². The van der Waals surface area contributed by atoms with Crippen molar-refractivity contribution >= 4 is 23.6 Å². The molecule has 2 aromatic carbocycles. The van der Waals surface area contributed by atoms with E-state index in [2.05, 4.69) is 21.3 Å². The SMILES string of the molecule is Cc1cccc(CCNC(=O)[C@@H]2CC(=O)N[C@@H](CC(C)C)C(=O)NCCOc3ccccc3C(=O)N2)c1. The number of amides is 4. The number of fused-ring (bicyclic) bond motifs is 1. The highest BCUT2D eigenvalue weighted by Crippen LogP contribution is 2.18. The maximum atomic E-state index is 13.1. The number of para-hydroxylation sites is 1. The molecule has 198 valence electrons. The third kappa shape index (κ3) is 8.63. The third-order valence-corrected chi connectivity index (χ3v) is 5.96. The van der Waals surface area contributed by atoms with E-state index in [9.17, 15) is 19.2 Å². The molecule has 0 radical (unpaired) electrons. The Balaban J connectivity index is 1.79. The lowest BCUT2D eigenvalue weighted by Crippen LogP contribution is -2.53. The van der Waals surface area contributed by atoms with Gasteiger partial charge in [-0.15, -0.1) is 0 Å². The topological polar surface area (TPSA) is 126 Å². The zero-order valence-electron chi connectivity index (χ0n) is 21.6. The average Bonchev–Trinajstić information content (AvgIpc) is 2.85. The second kappa shape index (κ2) is 13.4. The summed E-state index contributed by atoms with van der Waals surface area (Å²) in [6, 6.07) is 12.7. The molecule has 0 fully saturated rings. The van der Waals surface area contributed by atoms with Crippen LogP contribution in [-0.4, -0.2) is 55.4 Å². The highest BCUT2D eigenvalue weighted by atomic mass is 16.5. The molecule has 0 bridgehead atoms. The van der Waals surface area contributed by atoms with Gasteiger partial charge in [-0.2, -0.15) is 0 Å². The first-order valence-electron chi connectivity index (χ1n) is 12.7. The summed E-state index contributed by atoms with van der Waals surface area (Å²) in [6.07, 6.45) is 0.724. The van der Waals surface area contributed by atoms with Gasteiger partial charge in [0.1, 0.15) is 24.4 Å². The Labute approximate surface area is 217 Å². The highest BCUT2D eigenvalue weighted by Gasteiger charge is 2.28. The van der Waals surface area contributed by atoms with Gasteiger partial charge >= 0.3 is 0 Å². The van der Waals surface area contributed by atoms with Crippen LogP contribution in [0.2, 0.25) is 0 Å². The van der Waals surface area contributed by atoms with E-state index in [0.29, 0.717) is 25.1 Å². The third-order valence-electron chi connectivity index (χ3n) is 5.96. The first kappa shape index (κ1) is 27.7. The average molecular weight is 509 g/mol. The monoisotopic (exact) mass is 508 g/mol. The van der Waals surface area contributed by atoms with Gasteiger partial charge in [0.15, 0.2) is 0 Å². The molecule has 0 spiro atoms. The van der Waals surface area contributed by atoms with Crippen LogP contribution in [0.25, 0.3) is 0 Å². The number of nitrogens with one attached hydrogen (secondary N) is 4. The van der Waals surface area contributed by atoms with Crippen molar-refractivity contribution in [3.8, 4) is 5.75 Å². The molecular weight excluding hydrogens is 472 g/mol. The molecule has 4 amide bonds. The predicted molar refractivity (Wildman–Crippen MR) is 140 cm³/mol. The Kier molecular flexibility index (Phi) is 10.1. The Morgan fingerprint density at radius 2 is 1.86 bits per heavy atom. The van der Waals surface area contributed by atoms with E-state index in [1.807, 2.05) is 45.0 Å². The summed E-state index contributed by atoms with van der Waals surface area (Å²) < 4.78 is 5.74. The van der Waals surface area contributed by atoms with Crippen molar-refractivity contribution in [2.75, 3.05) is 19.7 Å². The van der Waals surface area contributed by atoms with E-state index in [1.54, 1.807) is 24.3 Å². The molecule has 0 aliphatic carbocycles. The lowest BCUT2D eigenvalue weighted by molar-refractivity contribution is -0.131. The van der Waals surface area contributed by atoms with Crippen molar-refractivity contribution in [1.82, 2.24) is 21.3 Å². The number of hydrogen-bond acceptors (Lipinski definition) is 5. The molecule has 2 aromatic rings. The van der Waals surface area contributed by atoms with Gasteiger partial charge in [0.05, 0.1) is 18.5 Å². The second-order valence-electron chi connectivity index (χ2n) is 9.65. The molecule has 3 rings (SSSR count). The van der Waals surface area contributed by atoms with Crippen molar-refractivity contribution in [1.29, 1.82) is 0 Å². The van der Waals surface area contributed by atoms with Crippen LogP contribution in [0.5, 0.6) is 5.75 Å². The Morgan fingerprint density at radius 1 is 1.08 bits per heavy atom. The Hall–Kier alpha value is -3.88. The largest absolute Gasteiger partial charge is 0.491 e. The number of rotatable bonds is 6. The van der Waals surface area contributed by atoms with Gasteiger partial charge < -0.3 is 26.0 Å². The summed E-state index contributed by atoms with van der Waals surface area (Å²) >= 11 is 0. The molecule has 1 aliphatic heterocycles. The van der Waals surface area contributed by atoms with Gasteiger partial charge in [-0.25, -0.2) is 0 Å². The van der Waals surface area contributed by atoms with Crippen LogP contribution in [0, 0.1) is 12.8 Å². The van der Waals surface area contributed by atoms with Gasteiger partial charge in [-0.3, -0.25) is 19.2 Å². The molecule has 4 N–H and O–H groups in total. The molecule has 37 heavy (non-hydrogen) atoms. The van der Waals surface area contributed by atoms with Crippen molar-refractivity contribution in [2.45, 2.75) is 52.1 Å². The number of ether oxygens (including phenoxy) is 1. The zero-order valence-corrected chi connectivity index (χ0v) is 21.6. The first-order chi connectivity index (χ1) is 17.7. The highest BCUT2D eigenvalue weighted by molar-refractivity contribution is 6.01. The van der Waals surface area contributed by atoms with E-state index >= 15 is 0 Å². The zero-order chi connectivity index (χ0) is 26.8. The first-order valence-corrected chi connectivity index (χ1v) is 12.7. The van der Waals surface area contributed by atoms with E-state index < -0.39 is 29.8 Å². The van der Waals surface area contributed by atoms with E-state index in [1.165, 1.54) is 0 Å². The molecule has 0 aromatic heterocycles. The predicted octanol–water partition coefficient (Wildman–Crippen LogP) is 1.88. The molecule has 1 heterocycles. The molecule has 0 saturated heterocycles. The normalized spacial score (nSPS) is 19.0. The molecule has 2 atom stereocenters. The maximum absolute atomic E-state index is 13.1. The van der Waals surface area contributed by atoms with Crippen molar-refractivity contribution < 1.29 is 23.9 Å². The molecule has 1 aliphatic rings. The van der Waals surface area contributed by atoms with Gasteiger partial charge in [0.25, 0.3) is 5.91 Å². The summed E-state index contributed by atoms with van der Waals surface area (Å²) in [4.78, 5) is 51.9. The molecule has 9 nitrogen and oxygen atoms in total. The number of carbonyl (C=O) groups excluding carboxylic acids is 4. The number of hydrogen-bond donors (Lipinski definition) is 4. The van der Waals surface area contributed by atoms with Crippen LogP contribution in [0.3, 0.4) is 0 Å².